The van der Waals surface area contributed by atoms with Crippen molar-refractivity contribution in [3.63, 3.8) is 0 Å². The third kappa shape index (κ3) is 3.04. The number of aromatic nitrogens is 4. The van der Waals surface area contributed by atoms with Gasteiger partial charge in [-0.05, 0) is 24.6 Å². The summed E-state index contributed by atoms with van der Waals surface area (Å²) in [5.74, 6) is 0.857. The highest BCUT2D eigenvalue weighted by molar-refractivity contribution is 5.75. The molecule has 0 aliphatic carbocycles. The average Bonchev–Trinajstić information content (AvgIpc) is 3.39. The van der Waals surface area contributed by atoms with E-state index in [1.165, 1.54) is 11.1 Å². The second-order valence-corrected chi connectivity index (χ2v) is 7.44. The monoisotopic (exact) mass is 369 g/mol. The smallest absolute Gasteiger partial charge is 0.156 e. The number of nitrogens with one attached hydrogen (secondary N) is 1. The largest absolute Gasteiger partial charge is 0.343 e. The molecule has 1 aliphatic heterocycles. The van der Waals surface area contributed by atoms with Gasteiger partial charge < -0.3 is 9.55 Å². The first-order valence-electron chi connectivity index (χ1n) is 9.67. The Labute approximate surface area is 164 Å². The first-order valence-corrected chi connectivity index (χ1v) is 9.67. The molecule has 0 unspecified atom stereocenters. The lowest BCUT2D eigenvalue weighted by molar-refractivity contribution is 0.195. The quantitative estimate of drug-likeness (QED) is 0.592. The minimum atomic E-state index is 0.418. The van der Waals surface area contributed by atoms with Crippen molar-refractivity contribution in [2.75, 3.05) is 7.05 Å². The van der Waals surface area contributed by atoms with Gasteiger partial charge in [-0.2, -0.15) is 0 Å². The number of aromatic amines is 1. The predicted octanol–water partition coefficient (Wildman–Crippen LogP) is 4.00. The molecule has 28 heavy (non-hydrogen) atoms. The summed E-state index contributed by atoms with van der Waals surface area (Å²) in [6.07, 6.45) is 6.66. The molecule has 5 heteroatoms. The van der Waals surface area contributed by atoms with Crippen molar-refractivity contribution < 1.29 is 0 Å². The summed E-state index contributed by atoms with van der Waals surface area (Å²) in [5, 5.41) is 0. The van der Waals surface area contributed by atoms with Crippen LogP contribution in [-0.4, -0.2) is 37.5 Å². The van der Waals surface area contributed by atoms with E-state index in [0.717, 1.165) is 42.3 Å². The number of rotatable bonds is 4. The summed E-state index contributed by atoms with van der Waals surface area (Å²) in [6.45, 7) is 1.86. The molecule has 2 aromatic heterocycles. The molecule has 3 heterocycles. The van der Waals surface area contributed by atoms with Crippen LogP contribution in [-0.2, 0) is 19.5 Å². The van der Waals surface area contributed by atoms with Gasteiger partial charge in [0, 0.05) is 37.1 Å². The Morgan fingerprint density at radius 1 is 1.00 bits per heavy atom. The highest BCUT2D eigenvalue weighted by Gasteiger charge is 2.25. The summed E-state index contributed by atoms with van der Waals surface area (Å²) < 4.78 is 2.25. The van der Waals surface area contributed by atoms with E-state index in [2.05, 4.69) is 62.9 Å². The van der Waals surface area contributed by atoms with Gasteiger partial charge in [0.2, 0.25) is 0 Å². The Bertz CT molecular complexity index is 1070. The average molecular weight is 369 g/mol. The van der Waals surface area contributed by atoms with Crippen molar-refractivity contribution in [3.8, 4) is 22.8 Å². The van der Waals surface area contributed by atoms with Crippen molar-refractivity contribution in [2.24, 2.45) is 0 Å². The maximum atomic E-state index is 4.76. The summed E-state index contributed by atoms with van der Waals surface area (Å²) >= 11 is 0. The summed E-state index contributed by atoms with van der Waals surface area (Å²) in [7, 11) is 2.21. The van der Waals surface area contributed by atoms with Gasteiger partial charge in [0.1, 0.15) is 5.69 Å². The lowest BCUT2D eigenvalue weighted by Crippen LogP contribution is -2.40. The Balaban J connectivity index is 1.52. The zero-order chi connectivity index (χ0) is 18.9. The van der Waals surface area contributed by atoms with Crippen molar-refractivity contribution in [1.29, 1.82) is 0 Å². The predicted molar refractivity (Wildman–Crippen MR) is 111 cm³/mol. The van der Waals surface area contributed by atoms with E-state index < -0.39 is 0 Å². The number of benzene rings is 2. The normalized spacial score (nSPS) is 16.8. The standard InChI is InChI=1S/C23H23N5/c1-27-14-19-10-6-5-9-18(19)13-20(27)15-28-16-26-21(17-7-3-2-4-8-17)22(28)23-24-11-12-25-23/h2-12,16,20H,13-15H2,1H3,(H,24,25)/t20-/m1/s1. The maximum Gasteiger partial charge on any atom is 0.156 e. The Kier molecular flexibility index (Phi) is 4.29. The van der Waals surface area contributed by atoms with Gasteiger partial charge in [-0.25, -0.2) is 9.97 Å². The van der Waals surface area contributed by atoms with E-state index >= 15 is 0 Å². The number of H-pyrrole nitrogens is 1. The Morgan fingerprint density at radius 2 is 1.79 bits per heavy atom. The third-order valence-electron chi connectivity index (χ3n) is 5.63. The molecular weight excluding hydrogens is 346 g/mol. The van der Waals surface area contributed by atoms with Crippen LogP contribution < -0.4 is 0 Å². The minimum absolute atomic E-state index is 0.418. The van der Waals surface area contributed by atoms with Crippen LogP contribution in [0.1, 0.15) is 11.1 Å². The van der Waals surface area contributed by atoms with Crippen molar-refractivity contribution in [3.05, 3.63) is 84.4 Å². The van der Waals surface area contributed by atoms with E-state index in [0.29, 0.717) is 6.04 Å². The molecule has 0 radical (unpaired) electrons. The van der Waals surface area contributed by atoms with Gasteiger partial charge in [-0.3, -0.25) is 4.90 Å². The number of hydrogen-bond acceptors (Lipinski definition) is 3. The molecule has 5 rings (SSSR count). The molecule has 0 saturated heterocycles. The van der Waals surface area contributed by atoms with Crippen LogP contribution in [0.3, 0.4) is 0 Å². The molecule has 0 amide bonds. The van der Waals surface area contributed by atoms with Crippen molar-refractivity contribution >= 4 is 0 Å². The first-order chi connectivity index (χ1) is 13.8. The summed E-state index contributed by atoms with van der Waals surface area (Å²) in [5.41, 5.74) is 6.00. The zero-order valence-electron chi connectivity index (χ0n) is 15.9. The third-order valence-corrected chi connectivity index (χ3v) is 5.63. The second-order valence-electron chi connectivity index (χ2n) is 7.44. The molecule has 0 fully saturated rings. The van der Waals surface area contributed by atoms with Crippen LogP contribution >= 0.6 is 0 Å². The van der Waals surface area contributed by atoms with Crippen LogP contribution in [0.5, 0.6) is 0 Å². The second kappa shape index (κ2) is 7.09. The fourth-order valence-electron chi connectivity index (χ4n) is 4.12. The molecule has 4 aromatic rings. The Morgan fingerprint density at radius 3 is 2.57 bits per heavy atom. The number of likely N-dealkylation sites (N-methyl/N-ethyl adjacent to an activating group) is 1. The molecular formula is C23H23N5. The van der Waals surface area contributed by atoms with Crippen LogP contribution in [0, 0.1) is 0 Å². The van der Waals surface area contributed by atoms with E-state index in [4.69, 9.17) is 4.98 Å². The molecule has 0 saturated carbocycles. The van der Waals surface area contributed by atoms with Gasteiger partial charge in [-0.1, -0.05) is 54.6 Å². The van der Waals surface area contributed by atoms with E-state index in [1.807, 2.05) is 30.7 Å². The topological polar surface area (TPSA) is 49.7 Å². The molecule has 0 spiro atoms. The molecule has 0 bridgehead atoms. The van der Waals surface area contributed by atoms with Gasteiger partial charge in [0.25, 0.3) is 0 Å². The van der Waals surface area contributed by atoms with Crippen LogP contribution in [0.15, 0.2) is 73.3 Å². The van der Waals surface area contributed by atoms with Gasteiger partial charge >= 0.3 is 0 Å². The van der Waals surface area contributed by atoms with Crippen LogP contribution in [0.4, 0.5) is 0 Å². The van der Waals surface area contributed by atoms with E-state index in [-0.39, 0.29) is 0 Å². The zero-order valence-corrected chi connectivity index (χ0v) is 15.9. The van der Waals surface area contributed by atoms with Crippen molar-refractivity contribution in [1.82, 2.24) is 24.4 Å². The SMILES string of the molecule is CN1Cc2ccccc2C[C@@H]1Cn1cnc(-c2ccccc2)c1-c1ncc[nH]1. The lowest BCUT2D eigenvalue weighted by atomic mass is 9.94. The molecule has 140 valence electrons. The molecule has 1 aliphatic rings. The number of nitrogens with zero attached hydrogens (tertiary/aromatic N) is 4. The Hall–Kier alpha value is -3.18. The van der Waals surface area contributed by atoms with Crippen molar-refractivity contribution in [2.45, 2.75) is 25.6 Å². The molecule has 1 atom stereocenters. The molecule has 1 N–H and O–H groups in total. The van der Waals surface area contributed by atoms with Crippen LogP contribution in [0.2, 0.25) is 0 Å². The van der Waals surface area contributed by atoms with E-state index in [9.17, 15) is 0 Å². The highest BCUT2D eigenvalue weighted by Crippen LogP contribution is 2.30. The van der Waals surface area contributed by atoms with E-state index in [1.54, 1.807) is 6.20 Å². The number of hydrogen-bond donors (Lipinski definition) is 1. The fourth-order valence-corrected chi connectivity index (χ4v) is 4.12. The summed E-state index contributed by atoms with van der Waals surface area (Å²) in [6, 6.07) is 19.5. The first kappa shape index (κ1) is 17.0. The van der Waals surface area contributed by atoms with Crippen LogP contribution in [0.25, 0.3) is 22.8 Å². The fraction of sp³-hybridized carbons (Fsp3) is 0.217. The minimum Gasteiger partial charge on any atom is -0.343 e. The lowest BCUT2D eigenvalue weighted by Gasteiger charge is -2.34. The van der Waals surface area contributed by atoms with Gasteiger partial charge in [-0.15, -0.1) is 0 Å². The van der Waals surface area contributed by atoms with Gasteiger partial charge in [0.15, 0.2) is 5.82 Å². The highest BCUT2D eigenvalue weighted by atomic mass is 15.2. The molecule has 2 aromatic carbocycles. The van der Waals surface area contributed by atoms with Gasteiger partial charge in [0.05, 0.1) is 12.0 Å². The summed E-state index contributed by atoms with van der Waals surface area (Å²) in [4.78, 5) is 15.0. The number of imidazole rings is 2. The maximum absolute atomic E-state index is 4.76. The molecule has 5 nitrogen and oxygen atoms in total. The number of fused-ring (bicyclic) bond motifs is 1.